The van der Waals surface area contributed by atoms with Crippen LogP contribution in [0.2, 0.25) is 0 Å². The van der Waals surface area contributed by atoms with Gasteiger partial charge in [0, 0.05) is 0 Å². The van der Waals surface area contributed by atoms with Gasteiger partial charge in [-0.15, -0.1) is 0 Å². The smallest absolute Gasteiger partial charge is 0.120 e. The van der Waals surface area contributed by atoms with E-state index >= 15 is 0 Å². The van der Waals surface area contributed by atoms with Crippen molar-refractivity contribution in [3.63, 3.8) is 0 Å². The van der Waals surface area contributed by atoms with Crippen molar-refractivity contribution in [2.24, 2.45) is 0 Å². The zero-order chi connectivity index (χ0) is 14.8. The summed E-state index contributed by atoms with van der Waals surface area (Å²) in [6, 6.07) is 13.2. The Morgan fingerprint density at radius 1 is 1.00 bits per heavy atom. The molecule has 1 atom stereocenters. The average Bonchev–Trinajstić information content (AvgIpc) is 2.36. The Balaban J connectivity index is 2.30. The Morgan fingerprint density at radius 3 is 2.30 bits per heavy atom. The molecule has 0 aromatic heterocycles. The molecule has 0 fully saturated rings. The summed E-state index contributed by atoms with van der Waals surface area (Å²) in [7, 11) is 0. The zero-order valence-electron chi connectivity index (χ0n) is 13.4. The second kappa shape index (κ2) is 5.87. The quantitative estimate of drug-likeness (QED) is 0.670. The van der Waals surface area contributed by atoms with Crippen molar-refractivity contribution in [2.75, 3.05) is 0 Å². The molecule has 0 bridgehead atoms. The van der Waals surface area contributed by atoms with Crippen LogP contribution in [-0.2, 0) is 0 Å². The van der Waals surface area contributed by atoms with Gasteiger partial charge in [0.15, 0.2) is 0 Å². The molecule has 108 valence electrons. The normalized spacial score (nSPS) is 13.4. The van der Waals surface area contributed by atoms with Gasteiger partial charge in [-0.05, 0) is 61.6 Å². The van der Waals surface area contributed by atoms with Gasteiger partial charge in [-0.1, -0.05) is 44.5 Å². The van der Waals surface area contributed by atoms with Crippen molar-refractivity contribution < 1.29 is 4.74 Å². The first-order valence-electron chi connectivity index (χ1n) is 7.62. The molecule has 0 aliphatic rings. The third kappa shape index (κ3) is 3.75. The highest BCUT2D eigenvalue weighted by Gasteiger charge is 2.12. The Morgan fingerprint density at radius 2 is 1.65 bits per heavy atom. The Bertz CT molecular complexity index is 578. The molecule has 0 heterocycles. The van der Waals surface area contributed by atoms with Crippen LogP contribution >= 0.6 is 0 Å². The van der Waals surface area contributed by atoms with Crippen molar-refractivity contribution in [1.29, 1.82) is 0 Å². The summed E-state index contributed by atoms with van der Waals surface area (Å²) in [4.78, 5) is 0. The van der Waals surface area contributed by atoms with Gasteiger partial charge in [-0.2, -0.15) is 0 Å². The molecule has 2 aromatic carbocycles. The summed E-state index contributed by atoms with van der Waals surface area (Å²) in [5.41, 5.74) is 1.28. The molecule has 1 unspecified atom stereocenters. The molecule has 2 aromatic rings. The van der Waals surface area contributed by atoms with Crippen LogP contribution in [-0.4, -0.2) is 5.60 Å². The third-order valence-corrected chi connectivity index (χ3v) is 3.55. The first kappa shape index (κ1) is 14.9. The van der Waals surface area contributed by atoms with Crippen molar-refractivity contribution in [2.45, 2.75) is 59.0 Å². The minimum absolute atomic E-state index is 0.150. The highest BCUT2D eigenvalue weighted by molar-refractivity contribution is 5.84. The summed E-state index contributed by atoms with van der Waals surface area (Å²) in [6.45, 7) is 10.8. The van der Waals surface area contributed by atoms with E-state index in [0.717, 1.165) is 5.75 Å². The van der Waals surface area contributed by atoms with Gasteiger partial charge in [0.05, 0.1) is 0 Å². The van der Waals surface area contributed by atoms with Crippen LogP contribution in [0.15, 0.2) is 36.4 Å². The summed E-state index contributed by atoms with van der Waals surface area (Å²) in [5.74, 6) is 1.58. The lowest BCUT2D eigenvalue weighted by Crippen LogP contribution is -2.22. The minimum atomic E-state index is -0.150. The topological polar surface area (TPSA) is 9.23 Å². The molecule has 1 heteroatoms. The number of ether oxygens (including phenoxy) is 1. The van der Waals surface area contributed by atoms with Crippen molar-refractivity contribution in [3.05, 3.63) is 42.0 Å². The van der Waals surface area contributed by atoms with Crippen LogP contribution in [0, 0.1) is 0 Å². The van der Waals surface area contributed by atoms with Gasteiger partial charge in [0.1, 0.15) is 11.4 Å². The van der Waals surface area contributed by atoms with Gasteiger partial charge in [-0.3, -0.25) is 0 Å². The van der Waals surface area contributed by atoms with E-state index in [2.05, 4.69) is 71.0 Å². The Hall–Kier alpha value is -1.50. The van der Waals surface area contributed by atoms with Crippen molar-refractivity contribution >= 4 is 10.8 Å². The lowest BCUT2D eigenvalue weighted by Gasteiger charge is -2.21. The second-order valence-electron chi connectivity index (χ2n) is 6.67. The Labute approximate surface area is 123 Å². The lowest BCUT2D eigenvalue weighted by atomic mass is 9.94. The van der Waals surface area contributed by atoms with Gasteiger partial charge in [0.25, 0.3) is 0 Å². The lowest BCUT2D eigenvalue weighted by molar-refractivity contribution is 0.131. The number of hydrogen-bond acceptors (Lipinski definition) is 1. The predicted molar refractivity (Wildman–Crippen MR) is 87.7 cm³/mol. The molecule has 20 heavy (non-hydrogen) atoms. The van der Waals surface area contributed by atoms with E-state index in [1.165, 1.54) is 29.2 Å². The number of rotatable bonds is 4. The van der Waals surface area contributed by atoms with Crippen molar-refractivity contribution in [1.82, 2.24) is 0 Å². The zero-order valence-corrected chi connectivity index (χ0v) is 13.4. The maximum absolute atomic E-state index is 5.93. The van der Waals surface area contributed by atoms with Gasteiger partial charge >= 0.3 is 0 Å². The molecule has 0 N–H and O–H groups in total. The van der Waals surface area contributed by atoms with Gasteiger partial charge in [0.2, 0.25) is 0 Å². The van der Waals surface area contributed by atoms with Crippen molar-refractivity contribution in [3.8, 4) is 5.75 Å². The van der Waals surface area contributed by atoms with Crippen LogP contribution in [0.3, 0.4) is 0 Å². The van der Waals surface area contributed by atoms with Crippen LogP contribution < -0.4 is 4.74 Å². The van der Waals surface area contributed by atoms with E-state index in [1.807, 2.05) is 0 Å². The molecular formula is C19H26O. The van der Waals surface area contributed by atoms with E-state index in [1.54, 1.807) is 0 Å². The SMILES string of the molecule is CCCC(C)c1ccc2cc(OC(C)(C)C)ccc2c1. The number of benzene rings is 2. The largest absolute Gasteiger partial charge is 0.488 e. The molecule has 1 nitrogen and oxygen atoms in total. The standard InChI is InChI=1S/C19H26O/c1-6-7-14(2)15-8-9-17-13-18(20-19(3,4)5)11-10-16(17)12-15/h8-14H,6-7H2,1-5H3. The van der Waals surface area contributed by atoms with E-state index in [0.29, 0.717) is 5.92 Å². The predicted octanol–water partition coefficient (Wildman–Crippen LogP) is 5.92. The summed E-state index contributed by atoms with van der Waals surface area (Å²) in [6.07, 6.45) is 2.48. The molecule has 0 saturated heterocycles. The first-order valence-corrected chi connectivity index (χ1v) is 7.62. The third-order valence-electron chi connectivity index (χ3n) is 3.55. The first-order chi connectivity index (χ1) is 9.39. The fourth-order valence-electron chi connectivity index (χ4n) is 2.57. The molecule has 0 spiro atoms. The van der Waals surface area contributed by atoms with Crippen LogP contribution in [0.25, 0.3) is 10.8 Å². The highest BCUT2D eigenvalue weighted by atomic mass is 16.5. The fraction of sp³-hybridized carbons (Fsp3) is 0.474. The van der Waals surface area contributed by atoms with Crippen LogP contribution in [0.4, 0.5) is 0 Å². The van der Waals surface area contributed by atoms with E-state index in [-0.39, 0.29) is 5.60 Å². The highest BCUT2D eigenvalue weighted by Crippen LogP contribution is 2.28. The van der Waals surface area contributed by atoms with Gasteiger partial charge < -0.3 is 4.74 Å². The fourth-order valence-corrected chi connectivity index (χ4v) is 2.57. The monoisotopic (exact) mass is 270 g/mol. The Kier molecular flexibility index (Phi) is 4.37. The molecule has 0 aliphatic heterocycles. The average molecular weight is 270 g/mol. The molecular weight excluding hydrogens is 244 g/mol. The maximum atomic E-state index is 5.93. The van der Waals surface area contributed by atoms with Gasteiger partial charge in [-0.25, -0.2) is 0 Å². The van der Waals surface area contributed by atoms with E-state index < -0.39 is 0 Å². The maximum Gasteiger partial charge on any atom is 0.120 e. The molecule has 0 aliphatic carbocycles. The summed E-state index contributed by atoms with van der Waals surface area (Å²) in [5, 5.41) is 2.55. The van der Waals surface area contributed by atoms with Crippen LogP contribution in [0.5, 0.6) is 5.75 Å². The second-order valence-corrected chi connectivity index (χ2v) is 6.67. The molecule has 0 saturated carbocycles. The molecule has 2 rings (SSSR count). The molecule has 0 radical (unpaired) electrons. The van der Waals surface area contributed by atoms with Crippen LogP contribution in [0.1, 0.15) is 58.9 Å². The van der Waals surface area contributed by atoms with E-state index in [9.17, 15) is 0 Å². The molecule has 0 amide bonds. The minimum Gasteiger partial charge on any atom is -0.488 e. The summed E-state index contributed by atoms with van der Waals surface area (Å²) >= 11 is 0. The number of fused-ring (bicyclic) bond motifs is 1. The summed E-state index contributed by atoms with van der Waals surface area (Å²) < 4.78 is 5.93. The number of hydrogen-bond donors (Lipinski definition) is 0. The van der Waals surface area contributed by atoms with E-state index in [4.69, 9.17) is 4.74 Å².